The van der Waals surface area contributed by atoms with E-state index in [9.17, 15) is 28.4 Å². The van der Waals surface area contributed by atoms with Crippen molar-refractivity contribution in [3.05, 3.63) is 123 Å². The molecule has 2 fully saturated rings. The molecule has 8 rings (SSSR count). The number of aliphatic hydroxyl groups excluding tert-OH is 1. The van der Waals surface area contributed by atoms with E-state index < -0.39 is 31.4 Å². The van der Waals surface area contributed by atoms with E-state index in [-0.39, 0.29) is 41.0 Å². The number of carbonyl (C=O) groups excluding carboxylic acids is 1. The number of benzene rings is 4. The number of hydrogen-bond acceptors (Lipinski definition) is 11. The van der Waals surface area contributed by atoms with Gasteiger partial charge >= 0.3 is 0 Å². The fourth-order valence-electron chi connectivity index (χ4n) is 8.84. The predicted molar refractivity (Wildman–Crippen MR) is 245 cm³/mol. The molecule has 14 nitrogen and oxygen atoms in total. The zero-order valence-electron chi connectivity index (χ0n) is 35.4. The second-order valence-electron chi connectivity index (χ2n) is 17.5. The first-order chi connectivity index (χ1) is 30.2. The van der Waals surface area contributed by atoms with Gasteiger partial charge < -0.3 is 29.8 Å². The molecule has 4 aromatic carbocycles. The van der Waals surface area contributed by atoms with Gasteiger partial charge in [0.25, 0.3) is 21.6 Å². The Morgan fingerprint density at radius 1 is 1.03 bits per heavy atom. The molecule has 63 heavy (non-hydrogen) atoms. The van der Waals surface area contributed by atoms with Crippen LogP contribution in [0.1, 0.15) is 61.9 Å². The molecule has 1 amide bonds. The van der Waals surface area contributed by atoms with Crippen LogP contribution in [0, 0.1) is 21.4 Å². The number of H-pyrrole nitrogens is 1. The number of carbonyl (C=O) groups is 1. The van der Waals surface area contributed by atoms with Crippen LogP contribution in [-0.4, -0.2) is 92.8 Å². The van der Waals surface area contributed by atoms with Crippen LogP contribution in [0.5, 0.6) is 11.5 Å². The van der Waals surface area contributed by atoms with Crippen LogP contribution in [0.15, 0.2) is 102 Å². The Kier molecular flexibility index (Phi) is 13.1. The Morgan fingerprint density at radius 3 is 2.59 bits per heavy atom. The summed E-state index contributed by atoms with van der Waals surface area (Å²) in [6, 6.07) is 23.7. The lowest BCUT2D eigenvalue weighted by Crippen LogP contribution is -2.55. The van der Waals surface area contributed by atoms with Crippen molar-refractivity contribution >= 4 is 61.1 Å². The number of anilines is 2. The SMILES string of the molecule is CC1(C)CCC(CN2CCN(c3ccc(C(=O)NS(=O)(=O)c4ccc(NCC5CCOCC5)c([N+](=O)[O-])c4)c(Oc4ccc5[nH]ccc5c4)c3)CC2CO)=C(c2ccc(Cl)cc2)C1. The Balaban J connectivity index is 1.03. The zero-order chi connectivity index (χ0) is 44.3. The number of nitrogens with zero attached hydrogens (tertiary/aromatic N) is 3. The number of sulfonamides is 1. The lowest BCUT2D eigenvalue weighted by Gasteiger charge is -2.43. The number of aromatic amines is 1. The average molecular weight is 897 g/mol. The van der Waals surface area contributed by atoms with Gasteiger partial charge in [0.1, 0.15) is 17.2 Å². The van der Waals surface area contributed by atoms with E-state index >= 15 is 0 Å². The van der Waals surface area contributed by atoms with E-state index in [0.29, 0.717) is 50.2 Å². The van der Waals surface area contributed by atoms with Crippen molar-refractivity contribution in [3.8, 4) is 11.5 Å². The maximum Gasteiger partial charge on any atom is 0.293 e. The maximum absolute atomic E-state index is 14.0. The largest absolute Gasteiger partial charge is 0.456 e. The number of ether oxygens (including phenoxy) is 2. The Labute approximate surface area is 372 Å². The van der Waals surface area contributed by atoms with Crippen molar-refractivity contribution in [2.45, 2.75) is 56.9 Å². The van der Waals surface area contributed by atoms with E-state index in [0.717, 1.165) is 61.3 Å². The molecule has 0 spiro atoms. The van der Waals surface area contributed by atoms with Gasteiger partial charge in [0.15, 0.2) is 0 Å². The summed E-state index contributed by atoms with van der Waals surface area (Å²) in [4.78, 5) is 32.6. The van der Waals surface area contributed by atoms with Crippen molar-refractivity contribution in [1.29, 1.82) is 0 Å². The first-order valence-electron chi connectivity index (χ1n) is 21.4. The molecular formula is C47H53ClN6O8S. The number of nitrogens with one attached hydrogen (secondary N) is 3. The van der Waals surface area contributed by atoms with E-state index in [1.165, 1.54) is 34.9 Å². The lowest BCUT2D eigenvalue weighted by molar-refractivity contribution is -0.384. The van der Waals surface area contributed by atoms with Crippen molar-refractivity contribution in [2.24, 2.45) is 11.3 Å². The highest BCUT2D eigenvalue weighted by molar-refractivity contribution is 7.90. The first-order valence-corrected chi connectivity index (χ1v) is 23.2. The number of nitro groups is 1. The summed E-state index contributed by atoms with van der Waals surface area (Å²) < 4.78 is 41.3. The number of piperazine rings is 1. The number of nitro benzene ring substituents is 1. The van der Waals surface area contributed by atoms with Crippen molar-refractivity contribution in [1.82, 2.24) is 14.6 Å². The predicted octanol–water partition coefficient (Wildman–Crippen LogP) is 8.63. The van der Waals surface area contributed by atoms with Crippen LogP contribution in [0.25, 0.3) is 16.5 Å². The molecule has 0 radical (unpaired) electrons. The second-order valence-corrected chi connectivity index (χ2v) is 19.6. The molecule has 332 valence electrons. The highest BCUT2D eigenvalue weighted by Crippen LogP contribution is 2.44. The molecule has 0 saturated carbocycles. The molecule has 2 aliphatic heterocycles. The molecule has 4 N–H and O–H groups in total. The zero-order valence-corrected chi connectivity index (χ0v) is 37.0. The molecule has 1 atom stereocenters. The minimum Gasteiger partial charge on any atom is -0.456 e. The standard InChI is InChI=1S/C47H53ClN6O8S/c1-47(2)17-13-34(41(26-47)32-3-5-35(48)6-4-32)28-52-19-20-53(29-37(52)30-55)36-7-10-40(45(24-36)62-38-8-11-42-33(23-38)14-18-49-42)46(56)51-63(59,60)39-9-12-43(44(25-39)54(57)58)50-27-31-15-21-61-22-16-31/h3-12,14,18,23-25,31,37,49-50,55H,13,15-17,19-22,26-30H2,1-2H3,(H,51,56). The summed E-state index contributed by atoms with van der Waals surface area (Å²) in [5.41, 5.74) is 5.38. The monoisotopic (exact) mass is 896 g/mol. The van der Waals surface area contributed by atoms with E-state index in [4.69, 9.17) is 21.1 Å². The summed E-state index contributed by atoms with van der Waals surface area (Å²) in [6.45, 7) is 8.79. The Hall–Kier alpha value is -5.45. The average Bonchev–Trinajstić information content (AvgIpc) is 3.75. The van der Waals surface area contributed by atoms with Gasteiger partial charge in [-0.05, 0) is 115 Å². The highest BCUT2D eigenvalue weighted by Gasteiger charge is 2.33. The van der Waals surface area contributed by atoms with Gasteiger partial charge in [0.2, 0.25) is 0 Å². The Morgan fingerprint density at radius 2 is 1.83 bits per heavy atom. The molecule has 3 heterocycles. The number of aromatic nitrogens is 1. The molecular weight excluding hydrogens is 844 g/mol. The molecule has 1 unspecified atom stereocenters. The molecule has 1 aliphatic carbocycles. The van der Waals surface area contributed by atoms with Crippen LogP contribution in [0.4, 0.5) is 17.1 Å². The van der Waals surface area contributed by atoms with E-state index in [1.807, 2.05) is 30.3 Å². The van der Waals surface area contributed by atoms with Crippen molar-refractivity contribution in [3.63, 3.8) is 0 Å². The summed E-state index contributed by atoms with van der Waals surface area (Å²) in [5.74, 6) is -0.169. The fourth-order valence-corrected chi connectivity index (χ4v) is 9.95. The van der Waals surface area contributed by atoms with Gasteiger partial charge in [-0.15, -0.1) is 0 Å². The Bertz CT molecular complexity index is 2630. The lowest BCUT2D eigenvalue weighted by atomic mass is 9.72. The number of fused-ring (bicyclic) bond motifs is 1. The topological polar surface area (TPSA) is 179 Å². The van der Waals surface area contributed by atoms with Gasteiger partial charge in [-0.1, -0.05) is 43.2 Å². The summed E-state index contributed by atoms with van der Waals surface area (Å²) in [7, 11) is -4.58. The second kappa shape index (κ2) is 18.7. The molecule has 2 saturated heterocycles. The smallest absolute Gasteiger partial charge is 0.293 e. The van der Waals surface area contributed by atoms with Gasteiger partial charge in [-0.3, -0.25) is 19.8 Å². The highest BCUT2D eigenvalue weighted by atomic mass is 35.5. The molecule has 0 bridgehead atoms. The third-order valence-electron chi connectivity index (χ3n) is 12.5. The molecule has 16 heteroatoms. The number of rotatable bonds is 14. The van der Waals surface area contributed by atoms with Crippen LogP contribution in [0.3, 0.4) is 0 Å². The third kappa shape index (κ3) is 10.3. The van der Waals surface area contributed by atoms with Crippen LogP contribution >= 0.6 is 11.6 Å². The minimum absolute atomic E-state index is 0.0556. The summed E-state index contributed by atoms with van der Waals surface area (Å²) in [6.07, 6.45) is 6.43. The quantitative estimate of drug-likeness (QED) is 0.0620. The fraction of sp³-hybridized carbons (Fsp3) is 0.383. The number of amides is 1. The normalized spacial score (nSPS) is 18.7. The number of hydrogen-bond donors (Lipinski definition) is 4. The van der Waals surface area contributed by atoms with Gasteiger partial charge in [0.05, 0.1) is 28.0 Å². The van der Waals surface area contributed by atoms with Gasteiger partial charge in [-0.2, -0.15) is 0 Å². The van der Waals surface area contributed by atoms with Gasteiger partial charge in [0, 0.05) is 85.9 Å². The van der Waals surface area contributed by atoms with Crippen LogP contribution < -0.4 is 19.7 Å². The number of aliphatic hydroxyl groups is 1. The van der Waals surface area contributed by atoms with Crippen molar-refractivity contribution < 1.29 is 32.7 Å². The van der Waals surface area contributed by atoms with Crippen LogP contribution in [-0.2, 0) is 14.8 Å². The number of halogens is 1. The molecule has 5 aromatic rings. The van der Waals surface area contributed by atoms with Gasteiger partial charge in [-0.25, -0.2) is 13.1 Å². The maximum atomic E-state index is 14.0. The summed E-state index contributed by atoms with van der Waals surface area (Å²) >= 11 is 6.25. The molecule has 3 aliphatic rings. The first kappa shape index (κ1) is 44.2. The number of allylic oxidation sites excluding steroid dienone is 1. The van der Waals surface area contributed by atoms with E-state index in [2.05, 4.69) is 50.8 Å². The van der Waals surface area contributed by atoms with Crippen LogP contribution in [0.2, 0.25) is 5.02 Å². The third-order valence-corrected chi connectivity index (χ3v) is 14.1. The summed E-state index contributed by atoms with van der Waals surface area (Å²) in [5, 5.41) is 27.5. The van der Waals surface area contributed by atoms with Crippen molar-refractivity contribution in [2.75, 3.05) is 62.8 Å². The molecule has 1 aromatic heterocycles. The van der Waals surface area contributed by atoms with E-state index in [1.54, 1.807) is 24.4 Å². The minimum atomic E-state index is -4.58.